The fourth-order valence-electron chi connectivity index (χ4n) is 2.54. The normalized spacial score (nSPS) is 13.2. The predicted molar refractivity (Wildman–Crippen MR) is 92.3 cm³/mol. The molecule has 0 unspecified atom stereocenters. The molecule has 6 heteroatoms. The second kappa shape index (κ2) is 7.70. The zero-order chi connectivity index (χ0) is 17.6. The summed E-state index contributed by atoms with van der Waals surface area (Å²) < 4.78 is 10.5. The third-order valence-electron chi connectivity index (χ3n) is 4.03. The van der Waals surface area contributed by atoms with E-state index in [0.717, 1.165) is 11.1 Å². The van der Waals surface area contributed by atoms with Crippen molar-refractivity contribution in [1.82, 2.24) is 10.6 Å². The first kappa shape index (κ1) is 16.8. The average molecular weight is 340 g/mol. The highest BCUT2D eigenvalue weighted by Crippen LogP contribution is 2.32. The molecule has 0 saturated heterocycles. The SMILES string of the molecule is C[C@@H](CNC(=O)C(=O)NCc1ccc2c(c1)OCO2)c1ccccc1. The van der Waals surface area contributed by atoms with Crippen LogP contribution in [0.1, 0.15) is 24.0 Å². The van der Waals surface area contributed by atoms with Crippen LogP contribution in [0.5, 0.6) is 11.5 Å². The Morgan fingerprint density at radius 3 is 2.52 bits per heavy atom. The summed E-state index contributed by atoms with van der Waals surface area (Å²) in [6.07, 6.45) is 0. The number of ether oxygens (including phenoxy) is 2. The van der Waals surface area contributed by atoms with Crippen molar-refractivity contribution in [2.24, 2.45) is 0 Å². The molecule has 1 atom stereocenters. The minimum atomic E-state index is -0.655. The van der Waals surface area contributed by atoms with Crippen molar-refractivity contribution in [2.45, 2.75) is 19.4 Å². The smallest absolute Gasteiger partial charge is 0.309 e. The van der Waals surface area contributed by atoms with Crippen LogP contribution >= 0.6 is 0 Å². The molecule has 2 N–H and O–H groups in total. The first-order chi connectivity index (χ1) is 12.1. The van der Waals surface area contributed by atoms with Gasteiger partial charge in [0.2, 0.25) is 6.79 Å². The molecule has 130 valence electrons. The van der Waals surface area contributed by atoms with Crippen LogP contribution in [0.15, 0.2) is 48.5 Å². The Morgan fingerprint density at radius 2 is 1.72 bits per heavy atom. The number of hydrogen-bond donors (Lipinski definition) is 2. The first-order valence-electron chi connectivity index (χ1n) is 8.13. The van der Waals surface area contributed by atoms with Gasteiger partial charge in [-0.05, 0) is 29.2 Å². The van der Waals surface area contributed by atoms with E-state index in [1.807, 2.05) is 43.3 Å². The van der Waals surface area contributed by atoms with Gasteiger partial charge in [0, 0.05) is 13.1 Å². The van der Waals surface area contributed by atoms with Crippen LogP contribution in [0.3, 0.4) is 0 Å². The quantitative estimate of drug-likeness (QED) is 0.816. The minimum absolute atomic E-state index is 0.131. The second-order valence-electron chi connectivity index (χ2n) is 5.89. The van der Waals surface area contributed by atoms with Gasteiger partial charge in [0.05, 0.1) is 0 Å². The molecule has 3 rings (SSSR count). The molecule has 2 aromatic carbocycles. The molecule has 2 aromatic rings. The van der Waals surface area contributed by atoms with Crippen molar-refractivity contribution < 1.29 is 19.1 Å². The Kier molecular flexibility index (Phi) is 5.18. The molecular formula is C19H20N2O4. The lowest BCUT2D eigenvalue weighted by Crippen LogP contribution is -2.40. The molecule has 25 heavy (non-hydrogen) atoms. The number of amides is 2. The Bertz CT molecular complexity index is 761. The van der Waals surface area contributed by atoms with Crippen LogP contribution in [0.2, 0.25) is 0 Å². The van der Waals surface area contributed by atoms with E-state index in [9.17, 15) is 9.59 Å². The molecule has 1 aliphatic rings. The van der Waals surface area contributed by atoms with Gasteiger partial charge in [0.25, 0.3) is 0 Å². The van der Waals surface area contributed by atoms with Gasteiger partial charge in [-0.25, -0.2) is 0 Å². The van der Waals surface area contributed by atoms with Gasteiger partial charge in [0.15, 0.2) is 11.5 Å². The lowest BCUT2D eigenvalue weighted by atomic mass is 10.0. The first-order valence-corrected chi connectivity index (χ1v) is 8.13. The molecule has 0 spiro atoms. The van der Waals surface area contributed by atoms with Crippen molar-refractivity contribution in [3.63, 3.8) is 0 Å². The number of carbonyl (C=O) groups excluding carboxylic acids is 2. The second-order valence-corrected chi connectivity index (χ2v) is 5.89. The molecular weight excluding hydrogens is 320 g/mol. The van der Waals surface area contributed by atoms with E-state index in [0.29, 0.717) is 18.0 Å². The summed E-state index contributed by atoms with van der Waals surface area (Å²) in [5.41, 5.74) is 1.95. The van der Waals surface area contributed by atoms with Crippen molar-refractivity contribution >= 4 is 11.8 Å². The third-order valence-corrected chi connectivity index (χ3v) is 4.03. The van der Waals surface area contributed by atoms with Gasteiger partial charge in [-0.2, -0.15) is 0 Å². The van der Waals surface area contributed by atoms with Crippen molar-refractivity contribution in [3.8, 4) is 11.5 Å². The maximum Gasteiger partial charge on any atom is 0.309 e. The molecule has 0 aromatic heterocycles. The molecule has 0 saturated carbocycles. The van der Waals surface area contributed by atoms with Crippen molar-refractivity contribution in [3.05, 3.63) is 59.7 Å². The molecule has 0 aliphatic carbocycles. The number of carbonyl (C=O) groups is 2. The number of benzene rings is 2. The van der Waals surface area contributed by atoms with Crippen LogP contribution in [0.4, 0.5) is 0 Å². The number of nitrogens with one attached hydrogen (secondary N) is 2. The fraction of sp³-hybridized carbons (Fsp3) is 0.263. The number of hydrogen-bond acceptors (Lipinski definition) is 4. The van der Waals surface area contributed by atoms with E-state index >= 15 is 0 Å². The minimum Gasteiger partial charge on any atom is -0.454 e. The summed E-state index contributed by atoms with van der Waals surface area (Å²) in [6.45, 7) is 2.85. The summed E-state index contributed by atoms with van der Waals surface area (Å²) >= 11 is 0. The predicted octanol–water partition coefficient (Wildman–Crippen LogP) is 1.95. The monoisotopic (exact) mass is 340 g/mol. The van der Waals surface area contributed by atoms with E-state index in [1.54, 1.807) is 12.1 Å². The standard InChI is InChI=1S/C19H20N2O4/c1-13(15-5-3-2-4-6-15)10-20-18(22)19(23)21-11-14-7-8-16-17(9-14)25-12-24-16/h2-9,13H,10-12H2,1H3,(H,20,22)(H,21,23)/t13-/m0/s1. The van der Waals surface area contributed by atoms with E-state index in [1.165, 1.54) is 0 Å². The lowest BCUT2D eigenvalue weighted by molar-refractivity contribution is -0.139. The van der Waals surface area contributed by atoms with Crippen molar-refractivity contribution in [2.75, 3.05) is 13.3 Å². The summed E-state index contributed by atoms with van der Waals surface area (Å²) in [4.78, 5) is 23.8. The van der Waals surface area contributed by atoms with Crippen molar-refractivity contribution in [1.29, 1.82) is 0 Å². The summed E-state index contributed by atoms with van der Waals surface area (Å²) in [5.74, 6) is 0.170. The summed E-state index contributed by atoms with van der Waals surface area (Å²) in [7, 11) is 0. The highest BCUT2D eigenvalue weighted by molar-refractivity contribution is 6.35. The average Bonchev–Trinajstić information content (AvgIpc) is 3.12. The lowest BCUT2D eigenvalue weighted by Gasteiger charge is -2.13. The number of fused-ring (bicyclic) bond motifs is 1. The Hall–Kier alpha value is -3.02. The van der Waals surface area contributed by atoms with Gasteiger partial charge in [0.1, 0.15) is 0 Å². The third kappa shape index (κ3) is 4.29. The molecule has 0 bridgehead atoms. The highest BCUT2D eigenvalue weighted by atomic mass is 16.7. The van der Waals surface area contributed by atoms with E-state index < -0.39 is 11.8 Å². The van der Waals surface area contributed by atoms with Crippen LogP contribution in [-0.4, -0.2) is 25.2 Å². The Morgan fingerprint density at radius 1 is 1.00 bits per heavy atom. The zero-order valence-corrected chi connectivity index (χ0v) is 14.0. The van der Waals surface area contributed by atoms with Gasteiger partial charge in [-0.1, -0.05) is 43.3 Å². The maximum absolute atomic E-state index is 11.9. The van der Waals surface area contributed by atoms with E-state index in [4.69, 9.17) is 9.47 Å². The maximum atomic E-state index is 11.9. The topological polar surface area (TPSA) is 76.7 Å². The van der Waals surface area contributed by atoms with Crippen LogP contribution in [-0.2, 0) is 16.1 Å². The van der Waals surface area contributed by atoms with Crippen LogP contribution in [0, 0.1) is 0 Å². The van der Waals surface area contributed by atoms with E-state index in [2.05, 4.69) is 10.6 Å². The van der Waals surface area contributed by atoms with Gasteiger partial charge < -0.3 is 20.1 Å². The van der Waals surface area contributed by atoms with Gasteiger partial charge >= 0.3 is 11.8 Å². The largest absolute Gasteiger partial charge is 0.454 e. The molecule has 0 fully saturated rings. The summed E-state index contributed by atoms with van der Waals surface area (Å²) in [5, 5.41) is 5.27. The highest BCUT2D eigenvalue weighted by Gasteiger charge is 2.16. The molecule has 6 nitrogen and oxygen atoms in total. The molecule has 2 amide bonds. The van der Waals surface area contributed by atoms with Gasteiger partial charge in [-0.15, -0.1) is 0 Å². The Labute approximate surface area is 146 Å². The summed E-state index contributed by atoms with van der Waals surface area (Å²) in [6, 6.07) is 15.2. The number of rotatable bonds is 5. The zero-order valence-electron chi connectivity index (χ0n) is 14.0. The van der Waals surface area contributed by atoms with Crippen LogP contribution in [0.25, 0.3) is 0 Å². The van der Waals surface area contributed by atoms with E-state index in [-0.39, 0.29) is 19.3 Å². The molecule has 1 aliphatic heterocycles. The Balaban J connectivity index is 1.45. The van der Waals surface area contributed by atoms with Crippen LogP contribution < -0.4 is 20.1 Å². The molecule has 1 heterocycles. The fourth-order valence-corrected chi connectivity index (χ4v) is 2.54. The van der Waals surface area contributed by atoms with Gasteiger partial charge in [-0.3, -0.25) is 9.59 Å². The molecule has 0 radical (unpaired) electrons.